The van der Waals surface area contributed by atoms with Crippen LogP contribution in [-0.4, -0.2) is 38.0 Å². The number of guanidine groups is 1. The van der Waals surface area contributed by atoms with Gasteiger partial charge in [0.15, 0.2) is 5.96 Å². The van der Waals surface area contributed by atoms with E-state index >= 15 is 0 Å². The van der Waals surface area contributed by atoms with Gasteiger partial charge in [0.1, 0.15) is 0 Å². The zero-order valence-electron chi connectivity index (χ0n) is 14.3. The molecule has 0 aromatic rings. The molecule has 0 unspecified atom stereocenters. The minimum atomic E-state index is 0.0946. The average molecular weight is 298 g/mol. The van der Waals surface area contributed by atoms with Crippen molar-refractivity contribution in [1.29, 1.82) is 0 Å². The SMILES string of the molecule is CCCNC(=O)CCNC(=NCCCCC(C)C)NCC. The van der Waals surface area contributed by atoms with Crippen LogP contribution in [0.2, 0.25) is 0 Å². The summed E-state index contributed by atoms with van der Waals surface area (Å²) in [6, 6.07) is 0. The number of rotatable bonds is 11. The van der Waals surface area contributed by atoms with Crippen molar-refractivity contribution in [2.45, 2.75) is 59.8 Å². The first-order valence-corrected chi connectivity index (χ1v) is 8.39. The molecule has 1 amide bonds. The van der Waals surface area contributed by atoms with Crippen molar-refractivity contribution >= 4 is 11.9 Å². The lowest BCUT2D eigenvalue weighted by molar-refractivity contribution is -0.120. The minimum Gasteiger partial charge on any atom is -0.357 e. The van der Waals surface area contributed by atoms with Gasteiger partial charge in [0.2, 0.25) is 5.91 Å². The van der Waals surface area contributed by atoms with Gasteiger partial charge in [-0.15, -0.1) is 0 Å². The largest absolute Gasteiger partial charge is 0.357 e. The van der Waals surface area contributed by atoms with Gasteiger partial charge in [-0.3, -0.25) is 9.79 Å². The van der Waals surface area contributed by atoms with Gasteiger partial charge in [0.05, 0.1) is 0 Å². The summed E-state index contributed by atoms with van der Waals surface area (Å²) >= 11 is 0. The number of nitrogens with one attached hydrogen (secondary N) is 3. The standard InChI is InChI=1S/C16H34N4O/c1-5-11-18-15(21)10-13-20-16(17-6-2)19-12-8-7-9-14(3)4/h14H,5-13H2,1-4H3,(H,18,21)(H2,17,19,20). The van der Waals surface area contributed by atoms with Gasteiger partial charge >= 0.3 is 0 Å². The van der Waals surface area contributed by atoms with Crippen LogP contribution < -0.4 is 16.0 Å². The number of aliphatic imine (C=N–C) groups is 1. The molecule has 0 rings (SSSR count). The molecule has 5 heteroatoms. The van der Waals surface area contributed by atoms with Gasteiger partial charge in [0.25, 0.3) is 0 Å². The van der Waals surface area contributed by atoms with E-state index in [1.165, 1.54) is 12.8 Å². The highest BCUT2D eigenvalue weighted by atomic mass is 16.1. The van der Waals surface area contributed by atoms with Crippen LogP contribution in [0.1, 0.15) is 59.8 Å². The first kappa shape index (κ1) is 19.7. The van der Waals surface area contributed by atoms with E-state index in [1.807, 2.05) is 13.8 Å². The van der Waals surface area contributed by atoms with Crippen LogP contribution in [0.5, 0.6) is 0 Å². The summed E-state index contributed by atoms with van der Waals surface area (Å²) in [5.74, 6) is 1.67. The summed E-state index contributed by atoms with van der Waals surface area (Å²) in [7, 11) is 0. The molecule has 0 aliphatic carbocycles. The molecule has 0 spiro atoms. The second kappa shape index (κ2) is 13.7. The first-order valence-electron chi connectivity index (χ1n) is 8.39. The Bertz CT molecular complexity index is 290. The number of unbranched alkanes of at least 4 members (excludes halogenated alkanes) is 1. The van der Waals surface area contributed by atoms with E-state index in [2.05, 4.69) is 34.8 Å². The summed E-state index contributed by atoms with van der Waals surface area (Å²) in [6.07, 6.45) is 5.06. The molecule has 0 radical (unpaired) electrons. The lowest BCUT2D eigenvalue weighted by atomic mass is 10.1. The van der Waals surface area contributed by atoms with Crippen LogP contribution >= 0.6 is 0 Å². The average Bonchev–Trinajstić information content (AvgIpc) is 2.44. The molecule has 0 aliphatic heterocycles. The molecule has 0 saturated heterocycles. The number of carbonyl (C=O) groups is 1. The van der Waals surface area contributed by atoms with E-state index in [0.717, 1.165) is 44.4 Å². The lowest BCUT2D eigenvalue weighted by Crippen LogP contribution is -2.39. The van der Waals surface area contributed by atoms with E-state index in [1.54, 1.807) is 0 Å². The van der Waals surface area contributed by atoms with E-state index in [4.69, 9.17) is 0 Å². The van der Waals surface area contributed by atoms with Crippen LogP contribution in [0.4, 0.5) is 0 Å². The Morgan fingerprint density at radius 2 is 1.81 bits per heavy atom. The normalized spacial score (nSPS) is 11.6. The van der Waals surface area contributed by atoms with Crippen molar-refractivity contribution in [2.24, 2.45) is 10.9 Å². The molecule has 0 saturated carbocycles. The molecule has 0 aliphatic rings. The van der Waals surface area contributed by atoms with Gasteiger partial charge < -0.3 is 16.0 Å². The molecule has 0 aromatic heterocycles. The number of hydrogen-bond acceptors (Lipinski definition) is 2. The molecule has 0 atom stereocenters. The summed E-state index contributed by atoms with van der Waals surface area (Å²) in [4.78, 5) is 16.0. The van der Waals surface area contributed by atoms with E-state index in [-0.39, 0.29) is 5.91 Å². The van der Waals surface area contributed by atoms with Gasteiger partial charge in [-0.2, -0.15) is 0 Å². The zero-order chi connectivity index (χ0) is 15.9. The maximum absolute atomic E-state index is 11.5. The molecule has 0 fully saturated rings. The molecule has 3 N–H and O–H groups in total. The van der Waals surface area contributed by atoms with Crippen molar-refractivity contribution in [3.05, 3.63) is 0 Å². The van der Waals surface area contributed by atoms with Gasteiger partial charge in [-0.25, -0.2) is 0 Å². The molecule has 0 heterocycles. The zero-order valence-corrected chi connectivity index (χ0v) is 14.3. The van der Waals surface area contributed by atoms with E-state index in [0.29, 0.717) is 13.0 Å². The van der Waals surface area contributed by atoms with E-state index in [9.17, 15) is 4.79 Å². The highest BCUT2D eigenvalue weighted by Gasteiger charge is 2.01. The third kappa shape index (κ3) is 13.5. The van der Waals surface area contributed by atoms with Crippen LogP contribution in [0.25, 0.3) is 0 Å². The molecule has 0 bridgehead atoms. The van der Waals surface area contributed by atoms with Gasteiger partial charge in [0, 0.05) is 32.6 Å². The Morgan fingerprint density at radius 3 is 2.43 bits per heavy atom. The molecular formula is C16H34N4O. The fraction of sp³-hybridized carbons (Fsp3) is 0.875. The Kier molecular flexibility index (Phi) is 12.9. The molecular weight excluding hydrogens is 264 g/mol. The number of nitrogens with zero attached hydrogens (tertiary/aromatic N) is 1. The molecule has 5 nitrogen and oxygen atoms in total. The highest BCUT2D eigenvalue weighted by molar-refractivity contribution is 5.81. The second-order valence-electron chi connectivity index (χ2n) is 5.68. The summed E-state index contributed by atoms with van der Waals surface area (Å²) in [6.45, 7) is 11.6. The minimum absolute atomic E-state index is 0.0946. The van der Waals surface area contributed by atoms with Crippen molar-refractivity contribution in [2.75, 3.05) is 26.2 Å². The van der Waals surface area contributed by atoms with Crippen molar-refractivity contribution in [3.63, 3.8) is 0 Å². The Morgan fingerprint density at radius 1 is 1.05 bits per heavy atom. The van der Waals surface area contributed by atoms with Crippen molar-refractivity contribution in [3.8, 4) is 0 Å². The van der Waals surface area contributed by atoms with Gasteiger partial charge in [-0.1, -0.05) is 33.6 Å². The van der Waals surface area contributed by atoms with Crippen LogP contribution in [-0.2, 0) is 4.79 Å². The summed E-state index contributed by atoms with van der Waals surface area (Å²) in [5.41, 5.74) is 0. The fourth-order valence-electron chi connectivity index (χ4n) is 1.84. The number of hydrogen-bond donors (Lipinski definition) is 3. The predicted molar refractivity (Wildman–Crippen MR) is 90.6 cm³/mol. The summed E-state index contributed by atoms with van der Waals surface area (Å²) in [5, 5.41) is 9.28. The van der Waals surface area contributed by atoms with Crippen LogP contribution in [0.15, 0.2) is 4.99 Å². The van der Waals surface area contributed by atoms with Crippen molar-refractivity contribution < 1.29 is 4.79 Å². The lowest BCUT2D eigenvalue weighted by Gasteiger charge is -2.11. The quantitative estimate of drug-likeness (QED) is 0.311. The molecule has 124 valence electrons. The van der Waals surface area contributed by atoms with Gasteiger partial charge in [-0.05, 0) is 25.7 Å². The Balaban J connectivity index is 3.86. The predicted octanol–water partition coefficient (Wildman–Crippen LogP) is 2.28. The molecule has 21 heavy (non-hydrogen) atoms. The number of amides is 1. The monoisotopic (exact) mass is 298 g/mol. The fourth-order valence-corrected chi connectivity index (χ4v) is 1.84. The highest BCUT2D eigenvalue weighted by Crippen LogP contribution is 2.05. The van der Waals surface area contributed by atoms with Crippen LogP contribution in [0.3, 0.4) is 0 Å². The van der Waals surface area contributed by atoms with Crippen LogP contribution in [0, 0.1) is 5.92 Å². The third-order valence-corrected chi connectivity index (χ3v) is 3.02. The van der Waals surface area contributed by atoms with E-state index < -0.39 is 0 Å². The first-order chi connectivity index (χ1) is 10.1. The Hall–Kier alpha value is -1.26. The number of carbonyl (C=O) groups excluding carboxylic acids is 1. The maximum atomic E-state index is 11.5. The smallest absolute Gasteiger partial charge is 0.221 e. The maximum Gasteiger partial charge on any atom is 0.221 e. The third-order valence-electron chi connectivity index (χ3n) is 3.02. The topological polar surface area (TPSA) is 65.5 Å². The summed E-state index contributed by atoms with van der Waals surface area (Å²) < 4.78 is 0. The molecule has 0 aromatic carbocycles. The second-order valence-corrected chi connectivity index (χ2v) is 5.68. The van der Waals surface area contributed by atoms with Crippen molar-refractivity contribution in [1.82, 2.24) is 16.0 Å². The Labute approximate surface area is 130 Å².